The summed E-state index contributed by atoms with van der Waals surface area (Å²) in [4.78, 5) is 26.9. The highest BCUT2D eigenvalue weighted by Crippen LogP contribution is 2.38. The van der Waals surface area contributed by atoms with Gasteiger partial charge in [0.05, 0.1) is 22.5 Å². The lowest BCUT2D eigenvalue weighted by molar-refractivity contribution is -0.179. The van der Waals surface area contributed by atoms with Gasteiger partial charge in [-0.1, -0.05) is 23.7 Å². The van der Waals surface area contributed by atoms with Crippen LogP contribution < -0.4 is 16.0 Å². The predicted molar refractivity (Wildman–Crippen MR) is 125 cm³/mol. The molecule has 0 saturated carbocycles. The first kappa shape index (κ1) is 24.2. The summed E-state index contributed by atoms with van der Waals surface area (Å²) >= 11 is 6.45. The van der Waals surface area contributed by atoms with Crippen molar-refractivity contribution in [2.75, 3.05) is 29.9 Å². The smallest absolute Gasteiger partial charge is 0.370 e. The molecule has 3 N–H and O–H groups in total. The van der Waals surface area contributed by atoms with E-state index >= 15 is 0 Å². The Hall–Kier alpha value is -2.94. The quantitative estimate of drug-likeness (QED) is 0.610. The number of rotatable bonds is 6. The molecule has 2 heterocycles. The van der Waals surface area contributed by atoms with Gasteiger partial charge in [-0.05, 0) is 48.7 Å². The first-order valence-corrected chi connectivity index (χ1v) is 11.5. The van der Waals surface area contributed by atoms with Crippen molar-refractivity contribution in [3.05, 3.63) is 53.1 Å². The van der Waals surface area contributed by atoms with Crippen LogP contribution in [0.15, 0.2) is 42.5 Å². The van der Waals surface area contributed by atoms with Gasteiger partial charge in [-0.3, -0.25) is 9.59 Å². The lowest BCUT2D eigenvalue weighted by Crippen LogP contribution is -2.39. The van der Waals surface area contributed by atoms with Crippen LogP contribution in [0.3, 0.4) is 0 Å². The molecular weight excluding hydrogens is 469 g/mol. The third kappa shape index (κ3) is 5.58. The number of nitrogens with two attached hydrogens (primary N) is 1. The maximum absolute atomic E-state index is 12.9. The molecule has 2 aromatic carbocycles. The van der Waals surface area contributed by atoms with Crippen molar-refractivity contribution in [3.8, 4) is 0 Å². The maximum atomic E-state index is 12.9. The molecule has 2 fully saturated rings. The van der Waals surface area contributed by atoms with Crippen molar-refractivity contribution >= 4 is 40.5 Å². The average Bonchev–Trinajstić information content (AvgIpc) is 3.15. The lowest BCUT2D eigenvalue weighted by atomic mass is 9.96. The molecule has 1 atom stereocenters. The summed E-state index contributed by atoms with van der Waals surface area (Å²) in [6, 6.07) is 13.0. The van der Waals surface area contributed by atoms with Gasteiger partial charge in [-0.25, -0.2) is 0 Å². The van der Waals surface area contributed by atoms with E-state index in [0.717, 1.165) is 22.6 Å². The van der Waals surface area contributed by atoms with Crippen LogP contribution in [0.1, 0.15) is 24.8 Å². The highest BCUT2D eigenvalue weighted by atomic mass is 35.5. The Bertz CT molecular complexity index is 1050. The highest BCUT2D eigenvalue weighted by Gasteiger charge is 2.41. The Morgan fingerprint density at radius 2 is 1.74 bits per heavy atom. The molecule has 0 radical (unpaired) electrons. The van der Waals surface area contributed by atoms with Crippen LogP contribution in [-0.2, 0) is 16.1 Å². The minimum Gasteiger partial charge on any atom is -0.370 e. The number of amides is 2. The average molecular weight is 495 g/mol. The largest absolute Gasteiger partial charge is 0.391 e. The summed E-state index contributed by atoms with van der Waals surface area (Å²) in [5, 5.41) is 3.74. The van der Waals surface area contributed by atoms with Crippen molar-refractivity contribution in [2.45, 2.75) is 32.0 Å². The molecular formula is C24H26ClF3N4O2. The molecule has 2 amide bonds. The second-order valence-corrected chi connectivity index (χ2v) is 9.28. The summed E-state index contributed by atoms with van der Waals surface area (Å²) in [6.45, 7) is 1.39. The Balaban J connectivity index is 1.34. The van der Waals surface area contributed by atoms with Crippen LogP contribution in [-0.4, -0.2) is 42.5 Å². The predicted octanol–water partition coefficient (Wildman–Crippen LogP) is 4.70. The molecule has 0 spiro atoms. The monoisotopic (exact) mass is 494 g/mol. The number of carbonyl (C=O) groups is 2. The van der Waals surface area contributed by atoms with Crippen LogP contribution in [0.4, 0.5) is 30.2 Å². The van der Waals surface area contributed by atoms with Gasteiger partial charge < -0.3 is 20.9 Å². The zero-order chi connectivity index (χ0) is 24.5. The number of halogens is 4. The Morgan fingerprint density at radius 3 is 2.29 bits per heavy atom. The maximum Gasteiger partial charge on any atom is 0.391 e. The number of alkyl halides is 3. The van der Waals surface area contributed by atoms with Crippen LogP contribution in [0, 0.1) is 11.8 Å². The molecule has 182 valence electrons. The van der Waals surface area contributed by atoms with E-state index in [1.165, 1.54) is 0 Å². The lowest BCUT2D eigenvalue weighted by Gasteiger charge is -2.35. The van der Waals surface area contributed by atoms with Crippen LogP contribution >= 0.6 is 11.6 Å². The van der Waals surface area contributed by atoms with Gasteiger partial charge in [0.25, 0.3) is 0 Å². The van der Waals surface area contributed by atoms with E-state index < -0.39 is 23.9 Å². The molecule has 1 unspecified atom stereocenters. The minimum atomic E-state index is -4.14. The fourth-order valence-corrected chi connectivity index (χ4v) is 4.79. The van der Waals surface area contributed by atoms with Gasteiger partial charge in [-0.2, -0.15) is 13.2 Å². The molecule has 2 saturated heterocycles. The van der Waals surface area contributed by atoms with Crippen molar-refractivity contribution in [1.82, 2.24) is 4.90 Å². The SMILES string of the molecule is NC(=O)C1CC(=O)N(Cc2ccc(Nc3ccc(N4CCC(C(F)(F)F)CC4)c(Cl)c3)cc2)C1. The molecule has 0 aliphatic carbocycles. The number of primary amides is 1. The fraction of sp³-hybridized carbons (Fsp3) is 0.417. The number of hydrogen-bond acceptors (Lipinski definition) is 4. The molecule has 10 heteroatoms. The van der Waals surface area contributed by atoms with Crippen molar-refractivity contribution in [1.29, 1.82) is 0 Å². The van der Waals surface area contributed by atoms with Crippen LogP contribution in [0.2, 0.25) is 5.02 Å². The summed E-state index contributed by atoms with van der Waals surface area (Å²) in [5.41, 5.74) is 8.55. The Labute approximate surface area is 200 Å². The van der Waals surface area contributed by atoms with Crippen molar-refractivity contribution < 1.29 is 22.8 Å². The van der Waals surface area contributed by atoms with E-state index in [-0.39, 0.29) is 25.2 Å². The number of carbonyl (C=O) groups excluding carboxylic acids is 2. The number of benzene rings is 2. The molecule has 2 aliphatic rings. The van der Waals surface area contributed by atoms with Crippen LogP contribution in [0.25, 0.3) is 0 Å². The molecule has 6 nitrogen and oxygen atoms in total. The summed E-state index contributed by atoms with van der Waals surface area (Å²) in [7, 11) is 0. The topological polar surface area (TPSA) is 78.7 Å². The molecule has 2 aliphatic heterocycles. The minimum absolute atomic E-state index is 0.0678. The molecule has 0 aromatic heterocycles. The number of nitrogens with zero attached hydrogens (tertiary/aromatic N) is 2. The Morgan fingerprint density at radius 1 is 1.09 bits per heavy atom. The van der Waals surface area contributed by atoms with E-state index in [9.17, 15) is 22.8 Å². The third-order valence-corrected chi connectivity index (χ3v) is 6.78. The number of nitrogens with one attached hydrogen (secondary N) is 1. The van der Waals surface area contributed by atoms with Gasteiger partial charge in [0.2, 0.25) is 11.8 Å². The van der Waals surface area contributed by atoms with E-state index in [4.69, 9.17) is 17.3 Å². The van der Waals surface area contributed by atoms with E-state index in [2.05, 4.69) is 5.32 Å². The number of piperidine rings is 1. The first-order valence-electron chi connectivity index (χ1n) is 11.1. The number of anilines is 3. The first-order chi connectivity index (χ1) is 16.1. The van der Waals surface area contributed by atoms with Gasteiger partial charge in [-0.15, -0.1) is 0 Å². The standard InChI is InChI=1S/C24H26ClF3N4O2/c25-20-12-19(5-6-21(20)31-9-7-17(8-10-31)24(26,27)28)30-18-3-1-15(2-4-18)13-32-14-16(23(29)34)11-22(32)33/h1-6,12,16-17,30H,7-11,13-14H2,(H2,29,34). The van der Waals surface area contributed by atoms with Gasteiger partial charge >= 0.3 is 6.18 Å². The summed E-state index contributed by atoms with van der Waals surface area (Å²) in [6.07, 6.45) is -3.85. The molecule has 0 bridgehead atoms. The molecule has 34 heavy (non-hydrogen) atoms. The second kappa shape index (κ2) is 9.74. The van der Waals surface area contributed by atoms with E-state index in [0.29, 0.717) is 31.2 Å². The van der Waals surface area contributed by atoms with Gasteiger partial charge in [0.15, 0.2) is 0 Å². The second-order valence-electron chi connectivity index (χ2n) is 8.87. The summed E-state index contributed by atoms with van der Waals surface area (Å²) in [5.74, 6) is -2.22. The summed E-state index contributed by atoms with van der Waals surface area (Å²) < 4.78 is 38.7. The molecule has 2 aromatic rings. The zero-order valence-electron chi connectivity index (χ0n) is 18.4. The number of likely N-dealkylation sites (tertiary alicyclic amines) is 1. The Kier molecular flexibility index (Phi) is 6.93. The third-order valence-electron chi connectivity index (χ3n) is 6.48. The van der Waals surface area contributed by atoms with Crippen molar-refractivity contribution in [3.63, 3.8) is 0 Å². The highest BCUT2D eigenvalue weighted by molar-refractivity contribution is 6.33. The van der Waals surface area contributed by atoms with E-state index in [1.54, 1.807) is 11.0 Å². The van der Waals surface area contributed by atoms with Crippen molar-refractivity contribution in [2.24, 2.45) is 17.6 Å². The van der Waals surface area contributed by atoms with E-state index in [1.807, 2.05) is 41.3 Å². The zero-order valence-corrected chi connectivity index (χ0v) is 19.2. The normalized spacial score (nSPS) is 19.5. The van der Waals surface area contributed by atoms with Crippen LogP contribution in [0.5, 0.6) is 0 Å². The molecule has 4 rings (SSSR count). The van der Waals surface area contributed by atoms with Gasteiger partial charge in [0, 0.05) is 44.0 Å². The van der Waals surface area contributed by atoms with Gasteiger partial charge in [0.1, 0.15) is 0 Å². The number of hydrogen-bond donors (Lipinski definition) is 2. The fourth-order valence-electron chi connectivity index (χ4n) is 4.48.